The molecule has 0 aromatic rings. The number of carboxylic acid groups (broad SMARTS) is 3. The second kappa shape index (κ2) is 58.4. The van der Waals surface area contributed by atoms with E-state index in [1.807, 2.05) is 6.92 Å². The number of hydrogen-bond acceptors (Lipinski definition) is 29. The van der Waals surface area contributed by atoms with E-state index in [1.54, 1.807) is 7.11 Å². The molecule has 29 heteroatoms. The van der Waals surface area contributed by atoms with Gasteiger partial charge < -0.3 is 140 Å². The molecule has 8 heterocycles. The summed E-state index contributed by atoms with van der Waals surface area (Å²) < 4.78 is 122. The average Bonchev–Trinajstić information content (AvgIpc) is 1.74. The average molecular weight is 2010 g/mol. The van der Waals surface area contributed by atoms with Gasteiger partial charge in [-0.05, 0) is 252 Å². The molecule has 4 N–H and O–H groups in total. The highest BCUT2D eigenvalue weighted by atomic mass is 16.7. The van der Waals surface area contributed by atoms with Gasteiger partial charge in [-0.2, -0.15) is 0 Å². The molecule has 8 saturated heterocycles. The minimum Gasteiger partial charge on any atom is -0.550 e. The third kappa shape index (κ3) is 31.4. The summed E-state index contributed by atoms with van der Waals surface area (Å²) in [6.07, 6.45) is 12.1. The van der Waals surface area contributed by atoms with Crippen LogP contribution < -0.4 is 15.3 Å². The molecule has 0 radical (unpaired) electrons. The number of hydrogen-bond donors (Lipinski definition) is 4. The zero-order valence-corrected chi connectivity index (χ0v) is 90.4. The van der Waals surface area contributed by atoms with Crippen molar-refractivity contribution in [1.29, 1.82) is 0 Å². The van der Waals surface area contributed by atoms with Gasteiger partial charge in [0.15, 0.2) is 0 Å². The standard InChI is InChI=1S/C112H198O29/c1-21-23-88-69(7)74(12)103(137-98(88)51-113)60-129-57-93-87(36-46-126-42-32-83-28-26-64(2)66(4)85(83)34-44-124-40-30-81-27-29-97(89(50-81)109(117)118)131-48-38-94-72(10)67(5)68(6)80(18)135-94)79(17)105(140-101(93)54-116)62-128-55-90-71(9)75(13)104(138-99(90)52-114)61-130-56-92-86(78(16)102(59-123-20)139-100(92)53-115)35-45-125-41-31-82-25-22-24-65(3)84(82)33-43-127-47-37-96-76(14)77(15)107(108(141-96)110(119)120)132-49-39-95-73(11)70(8)91-58-133-112(19,111(121)122)134-63-106(91)136-95/h64-108,113-116H,21-63H2,1-20H3,(H,117,118)(H,119,120)(H,121,122)/p-3. The molecule has 3 aliphatic carbocycles. The smallest absolute Gasteiger partial charge is 0.206 e. The van der Waals surface area contributed by atoms with Gasteiger partial charge in [0.2, 0.25) is 5.79 Å². The van der Waals surface area contributed by atoms with Crippen LogP contribution in [0.2, 0.25) is 0 Å². The molecule has 0 aromatic carbocycles. The molecule has 46 unspecified atom stereocenters. The summed E-state index contributed by atoms with van der Waals surface area (Å²) in [5, 5.41) is 81.2. The van der Waals surface area contributed by atoms with Gasteiger partial charge in [0.25, 0.3) is 0 Å². The van der Waals surface area contributed by atoms with Crippen LogP contribution in [-0.2, 0) is 104 Å². The second-order valence-corrected chi connectivity index (χ2v) is 47.0. The molecule has 11 aliphatic rings. The Morgan fingerprint density at radius 3 is 1.35 bits per heavy atom. The van der Waals surface area contributed by atoms with Crippen LogP contribution in [0.1, 0.15) is 260 Å². The van der Waals surface area contributed by atoms with E-state index in [-0.39, 0.29) is 221 Å². The number of fused-ring (bicyclic) bond motifs is 1. The summed E-state index contributed by atoms with van der Waals surface area (Å²) in [6.45, 7) is 48.8. The van der Waals surface area contributed by atoms with Crippen LogP contribution in [0.15, 0.2) is 0 Å². The quantitative estimate of drug-likeness (QED) is 0.0411. The van der Waals surface area contributed by atoms with E-state index >= 15 is 0 Å². The van der Waals surface area contributed by atoms with Crippen molar-refractivity contribution >= 4 is 17.9 Å². The molecule has 11 rings (SSSR count). The summed E-state index contributed by atoms with van der Waals surface area (Å²) in [4.78, 5) is 37.1. The summed E-state index contributed by atoms with van der Waals surface area (Å²) in [5.41, 5.74) is 0. The van der Waals surface area contributed by atoms with Crippen LogP contribution in [-0.4, -0.2) is 301 Å². The fourth-order valence-electron chi connectivity index (χ4n) is 27.9. The lowest BCUT2D eigenvalue weighted by Gasteiger charge is -2.47. The monoisotopic (exact) mass is 2000 g/mol. The maximum Gasteiger partial charge on any atom is 0.206 e. The molecule has 0 bridgehead atoms. The number of rotatable bonds is 55. The van der Waals surface area contributed by atoms with Crippen LogP contribution in [0.4, 0.5) is 0 Å². The first-order chi connectivity index (χ1) is 67.6. The van der Waals surface area contributed by atoms with Gasteiger partial charge in [-0.1, -0.05) is 150 Å². The zero-order valence-electron chi connectivity index (χ0n) is 90.4. The summed E-state index contributed by atoms with van der Waals surface area (Å²) in [7, 11) is 1.68. The van der Waals surface area contributed by atoms with Crippen LogP contribution in [0, 0.1) is 172 Å². The van der Waals surface area contributed by atoms with Crippen molar-refractivity contribution < 1.29 is 140 Å². The SMILES string of the molecule is CCCC1C(CO)OC(COCC2C(CO)OC(COCC3C(CO)OC(COCC4C(CO)OC(COC)C(C)C4CCOCCC4CCCC(C)C4CCOCCC4OC(C(=O)[O-])C(OCCC5OC6COC(C)(C(=O)[O-])OCC6C(C)C5C)C(C)C4C)C(C)C3C)C(C)C2CCOCCC2CCC(C)C(C)C2CCOCCC2CCC(OCCC3OC(C)C(C)C(C)C3C)C(C(=O)[O-])C2)C(C)C1C. The molecule has 8 aliphatic heterocycles. The minimum absolute atomic E-state index is 0.00182. The lowest BCUT2D eigenvalue weighted by molar-refractivity contribution is -0.354. The van der Waals surface area contributed by atoms with Crippen molar-refractivity contribution in [3.8, 4) is 0 Å². The predicted octanol–water partition coefficient (Wildman–Crippen LogP) is 11.9. The Hall–Kier alpha value is -2.51. The van der Waals surface area contributed by atoms with Crippen molar-refractivity contribution in [2.75, 3.05) is 159 Å². The topological polar surface area (TPSA) is 377 Å². The molecule has 141 heavy (non-hydrogen) atoms. The summed E-state index contributed by atoms with van der Waals surface area (Å²) >= 11 is 0. The predicted molar refractivity (Wildman–Crippen MR) is 527 cm³/mol. The van der Waals surface area contributed by atoms with E-state index in [1.165, 1.54) is 26.2 Å². The van der Waals surface area contributed by atoms with Gasteiger partial charge in [0.1, 0.15) is 12.1 Å². The Bertz CT molecular complexity index is 3530. The Labute approximate surface area is 847 Å². The number of carbonyl (C=O) groups is 3. The number of methoxy groups -OCH3 is 1. The normalized spacial score (nSPS) is 43.7. The number of aliphatic hydroxyl groups is 4. The Balaban J connectivity index is 0.617. The van der Waals surface area contributed by atoms with E-state index in [4.69, 9.17) is 90.0 Å². The largest absolute Gasteiger partial charge is 0.550 e. The molecule has 0 spiro atoms. The molecule has 46 atom stereocenters. The minimum atomic E-state index is -1.85. The van der Waals surface area contributed by atoms with Crippen molar-refractivity contribution in [1.82, 2.24) is 0 Å². The third-order valence-electron chi connectivity index (χ3n) is 39.3. The zero-order chi connectivity index (χ0) is 102. The van der Waals surface area contributed by atoms with E-state index < -0.39 is 60.1 Å². The third-order valence-corrected chi connectivity index (χ3v) is 39.3. The number of aliphatic hydroxyl groups excluding tert-OH is 4. The molecule has 11 fully saturated rings. The molecule has 0 aromatic heterocycles. The van der Waals surface area contributed by atoms with Crippen LogP contribution >= 0.6 is 0 Å². The van der Waals surface area contributed by atoms with Gasteiger partial charge in [-0.25, -0.2) is 0 Å². The first-order valence-electron chi connectivity index (χ1n) is 56.3. The number of aliphatic carboxylic acids is 3. The molecular weight excluding hydrogens is 1810 g/mol. The summed E-state index contributed by atoms with van der Waals surface area (Å²) in [6, 6.07) is 0. The maximum absolute atomic E-state index is 12.7. The molecule has 29 nitrogen and oxygen atoms in total. The van der Waals surface area contributed by atoms with Gasteiger partial charge in [-0.15, -0.1) is 0 Å². The van der Waals surface area contributed by atoms with Gasteiger partial charge in [0.05, 0.1) is 183 Å². The number of carboxylic acids is 3. The first kappa shape index (κ1) is 119. The number of carbonyl (C=O) groups excluding carboxylic acids is 3. The van der Waals surface area contributed by atoms with Crippen molar-refractivity contribution in [3.63, 3.8) is 0 Å². The highest BCUT2D eigenvalue weighted by molar-refractivity contribution is 5.73. The molecular formula is C112H195O29-3. The van der Waals surface area contributed by atoms with E-state index in [0.29, 0.717) is 190 Å². The second-order valence-electron chi connectivity index (χ2n) is 47.0. The Kier molecular flexibility index (Phi) is 49.1. The molecule has 3 saturated carbocycles. The van der Waals surface area contributed by atoms with Crippen LogP contribution in [0.5, 0.6) is 0 Å². The Morgan fingerprint density at radius 2 is 0.794 bits per heavy atom. The lowest BCUT2D eigenvalue weighted by Crippen LogP contribution is -2.57. The molecule has 0 amide bonds. The van der Waals surface area contributed by atoms with Gasteiger partial charge in [0, 0.05) is 109 Å². The van der Waals surface area contributed by atoms with E-state index in [9.17, 15) is 50.1 Å². The fourth-order valence-corrected chi connectivity index (χ4v) is 27.9. The van der Waals surface area contributed by atoms with Gasteiger partial charge >= 0.3 is 0 Å². The Morgan fingerprint density at radius 1 is 0.340 bits per heavy atom. The first-order valence-corrected chi connectivity index (χ1v) is 56.3. The summed E-state index contributed by atoms with van der Waals surface area (Å²) in [5.74, 6) is -0.0788. The van der Waals surface area contributed by atoms with Crippen LogP contribution in [0.3, 0.4) is 0 Å². The maximum atomic E-state index is 12.7. The van der Waals surface area contributed by atoms with E-state index in [2.05, 4.69) is 118 Å². The number of ether oxygens (including phenoxy) is 19. The van der Waals surface area contributed by atoms with E-state index in [0.717, 1.165) is 83.5 Å². The van der Waals surface area contributed by atoms with Gasteiger partial charge in [-0.3, -0.25) is 0 Å². The highest BCUT2D eigenvalue weighted by Crippen LogP contribution is 2.49. The molecule has 820 valence electrons. The lowest BCUT2D eigenvalue weighted by atomic mass is 9.66. The highest BCUT2D eigenvalue weighted by Gasteiger charge is 2.53. The fraction of sp³-hybridized carbons (Fsp3) is 0.973. The van der Waals surface area contributed by atoms with Crippen molar-refractivity contribution in [3.05, 3.63) is 0 Å². The van der Waals surface area contributed by atoms with Crippen molar-refractivity contribution in [2.45, 2.75) is 363 Å². The van der Waals surface area contributed by atoms with Crippen molar-refractivity contribution in [2.24, 2.45) is 172 Å². The van der Waals surface area contributed by atoms with Crippen LogP contribution in [0.25, 0.3) is 0 Å².